The average Bonchev–Trinajstić information content (AvgIpc) is 3.08. The molecule has 1 aliphatic rings. The molecule has 0 bridgehead atoms. The van der Waals surface area contributed by atoms with Gasteiger partial charge in [-0.3, -0.25) is 9.59 Å². The highest BCUT2D eigenvalue weighted by Gasteiger charge is 2.35. The first-order valence-electron chi connectivity index (χ1n) is 8.64. The number of carbonyl (C=O) groups excluding carboxylic acids is 1. The summed E-state index contributed by atoms with van der Waals surface area (Å²) in [5.74, 6) is 0.382. The lowest BCUT2D eigenvalue weighted by Gasteiger charge is -2.31. The fourth-order valence-electron chi connectivity index (χ4n) is 3.78. The molecule has 4 heteroatoms. The van der Waals surface area contributed by atoms with Gasteiger partial charge < -0.3 is 9.47 Å². The Kier molecular flexibility index (Phi) is 4.84. The van der Waals surface area contributed by atoms with Gasteiger partial charge in [0.2, 0.25) is 5.56 Å². The minimum atomic E-state index is -0.0970. The highest BCUT2D eigenvalue weighted by atomic mass is 16.2. The topological polar surface area (TPSA) is 42.3 Å². The van der Waals surface area contributed by atoms with E-state index in [9.17, 15) is 9.59 Å². The summed E-state index contributed by atoms with van der Waals surface area (Å²) in [5, 5.41) is 0. The molecule has 0 saturated carbocycles. The molecule has 4 nitrogen and oxygen atoms in total. The fourth-order valence-corrected chi connectivity index (χ4v) is 3.78. The van der Waals surface area contributed by atoms with Crippen molar-refractivity contribution in [1.29, 1.82) is 0 Å². The van der Waals surface area contributed by atoms with Crippen molar-refractivity contribution in [3.63, 3.8) is 0 Å². The van der Waals surface area contributed by atoms with Gasteiger partial charge >= 0.3 is 0 Å². The summed E-state index contributed by atoms with van der Waals surface area (Å²) in [7, 11) is 1.68. The van der Waals surface area contributed by atoms with E-state index in [1.54, 1.807) is 19.3 Å². The van der Waals surface area contributed by atoms with Gasteiger partial charge in [-0.05, 0) is 30.9 Å². The number of aromatic nitrogens is 1. The fraction of sp³-hybridized carbons (Fsp3) is 0.400. The minimum absolute atomic E-state index is 0.0301. The Morgan fingerprint density at radius 1 is 1.21 bits per heavy atom. The van der Waals surface area contributed by atoms with Crippen LogP contribution in [0.25, 0.3) is 0 Å². The number of pyridine rings is 1. The standard InChI is InChI=1S/C20H24N2O2/c1-3-17(15-8-5-4-6-9-15)18-10-7-13-22(18)20(24)16-11-12-19(23)21(2)14-16/h4-6,8-9,11-12,14,17-18H,3,7,10,13H2,1-2H3. The van der Waals surface area contributed by atoms with Crippen molar-refractivity contribution in [2.45, 2.75) is 38.1 Å². The lowest BCUT2D eigenvalue weighted by Crippen LogP contribution is -2.39. The monoisotopic (exact) mass is 324 g/mol. The summed E-state index contributed by atoms with van der Waals surface area (Å²) < 4.78 is 1.47. The van der Waals surface area contributed by atoms with E-state index in [1.807, 2.05) is 11.0 Å². The largest absolute Gasteiger partial charge is 0.335 e. The highest BCUT2D eigenvalue weighted by Crippen LogP contribution is 2.34. The smallest absolute Gasteiger partial charge is 0.255 e. The first-order valence-corrected chi connectivity index (χ1v) is 8.64. The molecule has 24 heavy (non-hydrogen) atoms. The van der Waals surface area contributed by atoms with E-state index in [-0.39, 0.29) is 17.5 Å². The maximum Gasteiger partial charge on any atom is 0.255 e. The highest BCUT2D eigenvalue weighted by molar-refractivity contribution is 5.94. The molecule has 2 unspecified atom stereocenters. The van der Waals surface area contributed by atoms with Crippen LogP contribution in [0.3, 0.4) is 0 Å². The van der Waals surface area contributed by atoms with Gasteiger partial charge in [-0.2, -0.15) is 0 Å². The van der Waals surface area contributed by atoms with Gasteiger partial charge in [0.1, 0.15) is 0 Å². The molecule has 1 aromatic heterocycles. The van der Waals surface area contributed by atoms with E-state index in [2.05, 4.69) is 31.2 Å². The number of hydrogen-bond donors (Lipinski definition) is 0. The number of aryl methyl sites for hydroxylation is 1. The summed E-state index contributed by atoms with van der Waals surface area (Å²) in [4.78, 5) is 26.5. The molecule has 126 valence electrons. The van der Waals surface area contributed by atoms with Crippen LogP contribution in [0.5, 0.6) is 0 Å². The number of amides is 1. The second-order valence-corrected chi connectivity index (χ2v) is 6.50. The Labute approximate surface area is 142 Å². The maximum absolute atomic E-state index is 13.0. The van der Waals surface area contributed by atoms with Crippen LogP contribution in [0.4, 0.5) is 0 Å². The van der Waals surface area contributed by atoms with Gasteiger partial charge in [-0.1, -0.05) is 37.3 Å². The van der Waals surface area contributed by atoms with Gasteiger partial charge in [0.15, 0.2) is 0 Å². The van der Waals surface area contributed by atoms with Gasteiger partial charge in [-0.15, -0.1) is 0 Å². The van der Waals surface area contributed by atoms with Crippen molar-refractivity contribution in [3.05, 3.63) is 70.1 Å². The molecule has 2 aromatic rings. The Morgan fingerprint density at radius 3 is 2.62 bits per heavy atom. The van der Waals surface area contributed by atoms with E-state index < -0.39 is 0 Å². The Bertz CT molecular complexity index is 767. The zero-order valence-corrected chi connectivity index (χ0v) is 14.3. The van der Waals surface area contributed by atoms with Crippen molar-refractivity contribution >= 4 is 5.91 Å². The van der Waals surface area contributed by atoms with E-state index in [1.165, 1.54) is 16.2 Å². The SMILES string of the molecule is CCC(c1ccccc1)C1CCCN1C(=O)c1ccc(=O)n(C)c1. The van der Waals surface area contributed by atoms with Gasteiger partial charge in [0.05, 0.1) is 5.56 Å². The third kappa shape index (κ3) is 3.14. The third-order valence-electron chi connectivity index (χ3n) is 5.02. The Hall–Kier alpha value is -2.36. The van der Waals surface area contributed by atoms with E-state index >= 15 is 0 Å². The summed E-state index contributed by atoms with van der Waals surface area (Å²) in [6.07, 6.45) is 4.71. The van der Waals surface area contributed by atoms with E-state index in [4.69, 9.17) is 0 Å². The van der Waals surface area contributed by atoms with Crippen LogP contribution >= 0.6 is 0 Å². The lowest BCUT2D eigenvalue weighted by molar-refractivity contribution is 0.0713. The molecule has 2 heterocycles. The quantitative estimate of drug-likeness (QED) is 0.867. The molecule has 1 saturated heterocycles. The zero-order chi connectivity index (χ0) is 17.1. The van der Waals surface area contributed by atoms with Crippen LogP contribution in [0.1, 0.15) is 48.0 Å². The van der Waals surface area contributed by atoms with Gasteiger partial charge in [-0.25, -0.2) is 0 Å². The van der Waals surface area contributed by atoms with Crippen molar-refractivity contribution < 1.29 is 4.79 Å². The number of rotatable bonds is 4. The molecule has 0 radical (unpaired) electrons. The van der Waals surface area contributed by atoms with E-state index in [0.717, 1.165) is 25.8 Å². The van der Waals surface area contributed by atoms with Crippen LogP contribution < -0.4 is 5.56 Å². The summed E-state index contributed by atoms with van der Waals surface area (Å²) >= 11 is 0. The van der Waals surface area contributed by atoms with Crippen molar-refractivity contribution in [1.82, 2.24) is 9.47 Å². The number of hydrogen-bond acceptors (Lipinski definition) is 2. The molecular weight excluding hydrogens is 300 g/mol. The van der Waals surface area contributed by atoms with Crippen LogP contribution in [0, 0.1) is 0 Å². The predicted octanol–water partition coefficient (Wildman–Crippen LogP) is 3.18. The second kappa shape index (κ2) is 7.04. The van der Waals surface area contributed by atoms with Crippen molar-refractivity contribution in [2.75, 3.05) is 6.54 Å². The van der Waals surface area contributed by atoms with Gasteiger partial charge in [0, 0.05) is 37.8 Å². The molecule has 3 rings (SSSR count). The van der Waals surface area contributed by atoms with Crippen LogP contribution in [0.2, 0.25) is 0 Å². The lowest BCUT2D eigenvalue weighted by atomic mass is 9.87. The van der Waals surface area contributed by atoms with Crippen molar-refractivity contribution in [2.24, 2.45) is 7.05 Å². The average molecular weight is 324 g/mol. The maximum atomic E-state index is 13.0. The summed E-state index contributed by atoms with van der Waals surface area (Å²) in [6.45, 7) is 2.97. The predicted molar refractivity (Wildman–Crippen MR) is 95.2 cm³/mol. The zero-order valence-electron chi connectivity index (χ0n) is 14.3. The van der Waals surface area contributed by atoms with Gasteiger partial charge in [0.25, 0.3) is 5.91 Å². The first kappa shape index (κ1) is 16.5. The molecule has 0 N–H and O–H groups in total. The van der Waals surface area contributed by atoms with Crippen LogP contribution in [-0.4, -0.2) is 28.0 Å². The summed E-state index contributed by atoms with van der Waals surface area (Å²) in [5.41, 5.74) is 1.79. The van der Waals surface area contributed by atoms with Crippen LogP contribution in [-0.2, 0) is 7.05 Å². The third-order valence-corrected chi connectivity index (χ3v) is 5.02. The first-order chi connectivity index (χ1) is 11.6. The molecule has 0 spiro atoms. The molecule has 1 amide bonds. The number of benzene rings is 1. The molecule has 1 aliphatic heterocycles. The number of nitrogens with zero attached hydrogens (tertiary/aromatic N) is 2. The normalized spacial score (nSPS) is 18.6. The summed E-state index contributed by atoms with van der Waals surface area (Å²) in [6, 6.07) is 13.8. The Balaban J connectivity index is 1.88. The molecule has 0 aliphatic carbocycles. The van der Waals surface area contributed by atoms with Crippen LogP contribution in [0.15, 0.2) is 53.5 Å². The Morgan fingerprint density at radius 2 is 1.96 bits per heavy atom. The van der Waals surface area contributed by atoms with Crippen molar-refractivity contribution in [3.8, 4) is 0 Å². The number of carbonyl (C=O) groups is 1. The molecule has 2 atom stereocenters. The number of likely N-dealkylation sites (tertiary alicyclic amines) is 1. The second-order valence-electron chi connectivity index (χ2n) is 6.50. The molecular formula is C20H24N2O2. The molecule has 1 aromatic carbocycles. The minimum Gasteiger partial charge on any atom is -0.335 e. The molecule has 1 fully saturated rings. The van der Waals surface area contributed by atoms with E-state index in [0.29, 0.717) is 11.5 Å².